The summed E-state index contributed by atoms with van der Waals surface area (Å²) in [5.74, 6) is 1.32. The molecule has 0 saturated heterocycles. The number of phenolic OH excluding ortho intramolecular Hbond substituents is 1. The number of hydrogen-bond donors (Lipinski definition) is 1. The van der Waals surface area contributed by atoms with Gasteiger partial charge < -0.3 is 9.84 Å². The van der Waals surface area contributed by atoms with E-state index in [9.17, 15) is 5.11 Å². The Morgan fingerprint density at radius 3 is 2.28 bits per heavy atom. The van der Waals surface area contributed by atoms with Crippen molar-refractivity contribution >= 4 is 23.2 Å². The topological polar surface area (TPSA) is 29.5 Å². The third kappa shape index (κ3) is 3.09. The van der Waals surface area contributed by atoms with Gasteiger partial charge in [-0.05, 0) is 37.3 Å². The third-order valence-corrected chi connectivity index (χ3v) is 2.83. The molecule has 4 heteroatoms. The zero-order valence-electron chi connectivity index (χ0n) is 9.73. The van der Waals surface area contributed by atoms with Crippen molar-refractivity contribution in [1.29, 1.82) is 0 Å². The van der Waals surface area contributed by atoms with Gasteiger partial charge in [0.15, 0.2) is 0 Å². The van der Waals surface area contributed by atoms with Gasteiger partial charge in [-0.25, -0.2) is 0 Å². The van der Waals surface area contributed by atoms with E-state index in [1.165, 1.54) is 6.07 Å². The van der Waals surface area contributed by atoms with Crippen molar-refractivity contribution in [2.75, 3.05) is 0 Å². The van der Waals surface area contributed by atoms with Crippen LogP contribution in [0.4, 0.5) is 0 Å². The number of alkyl halides is 2. The Balaban J connectivity index is 2.31. The molecule has 1 N–H and O–H groups in total. The highest BCUT2D eigenvalue weighted by Gasteiger charge is 2.24. The normalized spacial score (nSPS) is 11.3. The second-order valence-corrected chi connectivity index (χ2v) is 5.69. The number of hydrogen-bond acceptors (Lipinski definition) is 2. The van der Waals surface area contributed by atoms with E-state index in [0.717, 1.165) is 0 Å². The summed E-state index contributed by atoms with van der Waals surface area (Å²) in [5.41, 5.74) is 0.416. The van der Waals surface area contributed by atoms with Gasteiger partial charge in [-0.1, -0.05) is 41.4 Å². The Morgan fingerprint density at radius 1 is 1.00 bits per heavy atom. The Morgan fingerprint density at radius 2 is 1.67 bits per heavy atom. The summed E-state index contributed by atoms with van der Waals surface area (Å²) in [4.78, 5) is 0. The minimum absolute atomic E-state index is 0.0444. The molecule has 18 heavy (non-hydrogen) atoms. The lowest BCUT2D eigenvalue weighted by Gasteiger charge is -2.16. The Kier molecular flexibility index (Phi) is 3.69. The second-order valence-electron chi connectivity index (χ2n) is 3.98. The van der Waals surface area contributed by atoms with Gasteiger partial charge in [-0.3, -0.25) is 0 Å². The van der Waals surface area contributed by atoms with E-state index in [4.69, 9.17) is 27.9 Å². The van der Waals surface area contributed by atoms with E-state index in [1.54, 1.807) is 19.1 Å². The molecular formula is C14H12Cl2O2. The van der Waals surface area contributed by atoms with Gasteiger partial charge in [-0.2, -0.15) is 0 Å². The summed E-state index contributed by atoms with van der Waals surface area (Å²) in [6, 6.07) is 14.1. The average molecular weight is 283 g/mol. The highest BCUT2D eigenvalue weighted by Crippen LogP contribution is 2.40. The zero-order valence-corrected chi connectivity index (χ0v) is 11.2. The molecule has 94 valence electrons. The van der Waals surface area contributed by atoms with E-state index in [0.29, 0.717) is 17.1 Å². The second kappa shape index (κ2) is 5.09. The molecule has 0 aliphatic carbocycles. The van der Waals surface area contributed by atoms with Crippen molar-refractivity contribution in [3.63, 3.8) is 0 Å². The average Bonchev–Trinajstić information content (AvgIpc) is 2.31. The lowest BCUT2D eigenvalue weighted by Crippen LogP contribution is -2.04. The number of phenols is 1. The molecule has 2 aromatic rings. The SMILES string of the molecule is CC(Cl)(Cl)c1cc(Oc2ccccc2)ccc1O. The predicted molar refractivity (Wildman–Crippen MR) is 73.7 cm³/mol. The summed E-state index contributed by atoms with van der Waals surface area (Å²) in [5, 5.41) is 9.71. The summed E-state index contributed by atoms with van der Waals surface area (Å²) in [7, 11) is 0. The first-order valence-corrected chi connectivity index (χ1v) is 6.16. The molecule has 0 amide bonds. The van der Waals surface area contributed by atoms with Crippen LogP contribution in [0.2, 0.25) is 0 Å². The molecule has 0 spiro atoms. The van der Waals surface area contributed by atoms with Crippen LogP contribution in [0.15, 0.2) is 48.5 Å². The molecule has 0 radical (unpaired) electrons. The molecule has 0 heterocycles. The van der Waals surface area contributed by atoms with E-state index >= 15 is 0 Å². The Labute approximate surface area is 116 Å². The van der Waals surface area contributed by atoms with Crippen LogP contribution in [0.25, 0.3) is 0 Å². The highest BCUT2D eigenvalue weighted by atomic mass is 35.5. The van der Waals surface area contributed by atoms with Crippen LogP contribution in [-0.4, -0.2) is 5.11 Å². The number of aromatic hydroxyl groups is 1. The fraction of sp³-hybridized carbons (Fsp3) is 0.143. The van der Waals surface area contributed by atoms with Gasteiger partial charge in [0.05, 0.1) is 0 Å². The monoisotopic (exact) mass is 282 g/mol. The molecule has 2 aromatic carbocycles. The largest absolute Gasteiger partial charge is 0.508 e. The van der Waals surface area contributed by atoms with Crippen LogP contribution < -0.4 is 4.74 Å². The van der Waals surface area contributed by atoms with Crippen LogP contribution >= 0.6 is 23.2 Å². The van der Waals surface area contributed by atoms with Crippen LogP contribution in [0.1, 0.15) is 12.5 Å². The van der Waals surface area contributed by atoms with Crippen molar-refractivity contribution in [2.24, 2.45) is 0 Å². The maximum Gasteiger partial charge on any atom is 0.144 e. The third-order valence-electron chi connectivity index (χ3n) is 2.42. The van der Waals surface area contributed by atoms with Crippen LogP contribution in [-0.2, 0) is 4.33 Å². The molecule has 0 fully saturated rings. The summed E-state index contributed by atoms with van der Waals surface area (Å²) in [6.45, 7) is 1.59. The van der Waals surface area contributed by atoms with Gasteiger partial charge >= 0.3 is 0 Å². The quantitative estimate of drug-likeness (QED) is 0.817. The fourth-order valence-electron chi connectivity index (χ4n) is 1.55. The number of para-hydroxylation sites is 1. The van der Waals surface area contributed by atoms with E-state index in [2.05, 4.69) is 0 Å². The van der Waals surface area contributed by atoms with Crippen LogP contribution in [0.5, 0.6) is 17.2 Å². The molecule has 0 saturated carbocycles. The number of rotatable bonds is 3. The molecule has 0 bridgehead atoms. The van der Waals surface area contributed by atoms with E-state index in [1.807, 2.05) is 30.3 Å². The lowest BCUT2D eigenvalue weighted by molar-refractivity contribution is 0.456. The first-order chi connectivity index (χ1) is 8.47. The predicted octanol–water partition coefficient (Wildman–Crippen LogP) is 4.83. The fourth-order valence-corrected chi connectivity index (χ4v) is 1.86. The number of benzene rings is 2. The van der Waals surface area contributed by atoms with Gasteiger partial charge in [0.2, 0.25) is 0 Å². The van der Waals surface area contributed by atoms with Crippen molar-refractivity contribution in [1.82, 2.24) is 0 Å². The van der Waals surface area contributed by atoms with Crippen LogP contribution in [0.3, 0.4) is 0 Å². The molecule has 2 nitrogen and oxygen atoms in total. The highest BCUT2D eigenvalue weighted by molar-refractivity contribution is 6.47. The molecule has 0 aliphatic rings. The summed E-state index contributed by atoms with van der Waals surface area (Å²) in [6.07, 6.45) is 0. The van der Waals surface area contributed by atoms with Crippen molar-refractivity contribution in [2.45, 2.75) is 11.3 Å². The van der Waals surface area contributed by atoms with Gasteiger partial charge in [0, 0.05) is 5.56 Å². The minimum atomic E-state index is -1.17. The molecule has 2 rings (SSSR count). The van der Waals surface area contributed by atoms with Gasteiger partial charge in [0.25, 0.3) is 0 Å². The zero-order chi connectivity index (χ0) is 13.2. The number of halogens is 2. The Hall–Kier alpha value is -1.38. The molecule has 0 aliphatic heterocycles. The van der Waals surface area contributed by atoms with E-state index < -0.39 is 4.33 Å². The smallest absolute Gasteiger partial charge is 0.144 e. The molecule has 0 aromatic heterocycles. The lowest BCUT2D eigenvalue weighted by atomic mass is 10.1. The van der Waals surface area contributed by atoms with Crippen molar-refractivity contribution in [3.8, 4) is 17.2 Å². The van der Waals surface area contributed by atoms with Crippen molar-refractivity contribution in [3.05, 3.63) is 54.1 Å². The summed E-state index contributed by atoms with van der Waals surface area (Å²) >= 11 is 12.0. The molecular weight excluding hydrogens is 271 g/mol. The first-order valence-electron chi connectivity index (χ1n) is 5.41. The Bertz CT molecular complexity index is 533. The van der Waals surface area contributed by atoms with Gasteiger partial charge in [-0.15, -0.1) is 0 Å². The molecule has 0 atom stereocenters. The standard InChI is InChI=1S/C14H12Cl2O2/c1-14(15,16)12-9-11(7-8-13(12)17)18-10-5-3-2-4-6-10/h2-9,17H,1H3. The maximum absolute atomic E-state index is 9.71. The maximum atomic E-state index is 9.71. The van der Waals surface area contributed by atoms with Crippen LogP contribution in [0, 0.1) is 0 Å². The van der Waals surface area contributed by atoms with E-state index in [-0.39, 0.29) is 5.75 Å². The van der Waals surface area contributed by atoms with Crippen molar-refractivity contribution < 1.29 is 9.84 Å². The molecule has 0 unspecified atom stereocenters. The van der Waals surface area contributed by atoms with Gasteiger partial charge in [0.1, 0.15) is 21.6 Å². The minimum Gasteiger partial charge on any atom is -0.508 e. The summed E-state index contributed by atoms with van der Waals surface area (Å²) < 4.78 is 4.47. The first kappa shape index (κ1) is 13.1. The number of ether oxygens (including phenoxy) is 1.